The second-order valence-corrected chi connectivity index (χ2v) is 8.06. The van der Waals surface area contributed by atoms with Gasteiger partial charge in [0.2, 0.25) is 0 Å². The minimum Gasteiger partial charge on any atom is -0.468 e. The predicted molar refractivity (Wildman–Crippen MR) is 120 cm³/mol. The Bertz CT molecular complexity index is 1060. The van der Waals surface area contributed by atoms with E-state index in [1.54, 1.807) is 6.26 Å². The van der Waals surface area contributed by atoms with Crippen LogP contribution in [0.1, 0.15) is 34.1 Å². The highest BCUT2D eigenvalue weighted by atomic mass is 16.3. The molecule has 1 aliphatic heterocycles. The summed E-state index contributed by atoms with van der Waals surface area (Å²) in [5.74, 6) is -0.560. The van der Waals surface area contributed by atoms with Gasteiger partial charge in [-0.2, -0.15) is 0 Å². The van der Waals surface area contributed by atoms with Gasteiger partial charge in [0.25, 0.3) is 0 Å². The first-order chi connectivity index (χ1) is 15.0. The molecule has 2 amide bonds. The predicted octanol–water partition coefficient (Wildman–Crippen LogP) is 3.75. The molecule has 0 bridgehead atoms. The van der Waals surface area contributed by atoms with E-state index in [1.807, 2.05) is 50.2 Å². The molecule has 6 nitrogen and oxygen atoms in total. The average Bonchev–Trinajstić information content (AvgIpc) is 3.27. The maximum atomic E-state index is 12.5. The first-order valence-corrected chi connectivity index (χ1v) is 10.5. The summed E-state index contributed by atoms with van der Waals surface area (Å²) >= 11 is 0. The molecule has 0 saturated carbocycles. The van der Waals surface area contributed by atoms with Crippen molar-refractivity contribution in [3.63, 3.8) is 0 Å². The van der Waals surface area contributed by atoms with Crippen LogP contribution in [0.5, 0.6) is 0 Å². The number of hydrogen-bond acceptors (Lipinski definition) is 4. The molecule has 0 fully saturated rings. The van der Waals surface area contributed by atoms with Crippen LogP contribution >= 0.6 is 0 Å². The number of hydrogen-bond donors (Lipinski definition) is 2. The van der Waals surface area contributed by atoms with Gasteiger partial charge in [0.05, 0.1) is 12.3 Å². The Morgan fingerprint density at radius 1 is 1.00 bits per heavy atom. The van der Waals surface area contributed by atoms with Crippen molar-refractivity contribution >= 4 is 17.5 Å². The molecule has 0 radical (unpaired) electrons. The Labute approximate surface area is 182 Å². The number of nitrogens with zero attached hydrogens (tertiary/aromatic N) is 1. The monoisotopic (exact) mass is 417 g/mol. The molecule has 31 heavy (non-hydrogen) atoms. The van der Waals surface area contributed by atoms with E-state index in [4.69, 9.17) is 4.42 Å². The molecule has 160 valence electrons. The molecule has 3 aromatic rings. The zero-order valence-electron chi connectivity index (χ0n) is 17.9. The lowest BCUT2D eigenvalue weighted by atomic mass is 9.98. The van der Waals surface area contributed by atoms with Crippen LogP contribution < -0.4 is 10.6 Å². The number of aryl methyl sites for hydroxylation is 2. The van der Waals surface area contributed by atoms with Gasteiger partial charge < -0.3 is 15.1 Å². The summed E-state index contributed by atoms with van der Waals surface area (Å²) in [5.41, 5.74) is 5.31. The lowest BCUT2D eigenvalue weighted by Gasteiger charge is -2.34. The Balaban J connectivity index is 1.42. The second-order valence-electron chi connectivity index (χ2n) is 8.06. The average molecular weight is 418 g/mol. The summed E-state index contributed by atoms with van der Waals surface area (Å²) in [6.07, 6.45) is 2.57. The number of fused-ring (bicyclic) bond motifs is 1. The van der Waals surface area contributed by atoms with Gasteiger partial charge in [0.15, 0.2) is 0 Å². The van der Waals surface area contributed by atoms with E-state index in [0.29, 0.717) is 5.69 Å². The molecule has 0 spiro atoms. The number of carbonyl (C=O) groups excluding carboxylic acids is 2. The third-order valence-corrected chi connectivity index (χ3v) is 5.61. The normalized spacial score (nSPS) is 14.5. The van der Waals surface area contributed by atoms with Crippen LogP contribution in [-0.4, -0.2) is 29.8 Å². The molecule has 2 heterocycles. The molecule has 1 aliphatic rings. The summed E-state index contributed by atoms with van der Waals surface area (Å²) < 4.78 is 5.66. The third-order valence-electron chi connectivity index (χ3n) is 5.61. The van der Waals surface area contributed by atoms with Crippen molar-refractivity contribution in [2.75, 3.05) is 18.4 Å². The third kappa shape index (κ3) is 5.03. The van der Waals surface area contributed by atoms with Gasteiger partial charge in [-0.3, -0.25) is 14.5 Å². The van der Waals surface area contributed by atoms with Crippen LogP contribution in [0.2, 0.25) is 0 Å². The molecule has 1 aromatic heterocycles. The molecule has 6 heteroatoms. The number of furan rings is 1. The zero-order valence-corrected chi connectivity index (χ0v) is 17.9. The highest BCUT2D eigenvalue weighted by Crippen LogP contribution is 2.28. The fourth-order valence-electron chi connectivity index (χ4n) is 4.18. The second kappa shape index (κ2) is 9.18. The Morgan fingerprint density at radius 2 is 1.74 bits per heavy atom. The standard InChI is InChI=1S/C25H27N3O3/c1-17-12-18(2)14-21(13-17)27-25(30)24(29)26-15-22(23-8-5-11-31-23)28-10-9-19-6-3-4-7-20(19)16-28/h3-8,11-14,22H,9-10,15-16H2,1-2H3,(H,26,29)(H,27,30). The van der Waals surface area contributed by atoms with Crippen molar-refractivity contribution < 1.29 is 14.0 Å². The van der Waals surface area contributed by atoms with E-state index < -0.39 is 11.8 Å². The minimum absolute atomic E-state index is 0.152. The SMILES string of the molecule is Cc1cc(C)cc(NC(=O)C(=O)NCC(c2ccco2)N2CCc3ccccc3C2)c1. The van der Waals surface area contributed by atoms with Gasteiger partial charge in [0, 0.05) is 25.3 Å². The smallest absolute Gasteiger partial charge is 0.313 e. The van der Waals surface area contributed by atoms with Crippen molar-refractivity contribution in [2.24, 2.45) is 0 Å². The summed E-state index contributed by atoms with van der Waals surface area (Å²) in [7, 11) is 0. The van der Waals surface area contributed by atoms with Crippen LogP contribution in [0.15, 0.2) is 65.3 Å². The van der Waals surface area contributed by atoms with Crippen LogP contribution in [0.3, 0.4) is 0 Å². The van der Waals surface area contributed by atoms with E-state index in [0.717, 1.165) is 36.4 Å². The van der Waals surface area contributed by atoms with Crippen molar-refractivity contribution in [2.45, 2.75) is 32.9 Å². The summed E-state index contributed by atoms with van der Waals surface area (Å²) in [6, 6.07) is 17.7. The van der Waals surface area contributed by atoms with Crippen LogP contribution in [0, 0.1) is 13.8 Å². The van der Waals surface area contributed by atoms with E-state index in [9.17, 15) is 9.59 Å². The molecule has 2 aromatic carbocycles. The highest BCUT2D eigenvalue weighted by Gasteiger charge is 2.27. The summed E-state index contributed by atoms with van der Waals surface area (Å²) in [4.78, 5) is 27.2. The number of rotatable bonds is 5. The minimum atomic E-state index is -0.674. The molecule has 4 rings (SSSR count). The molecule has 1 unspecified atom stereocenters. The van der Waals surface area contributed by atoms with Crippen molar-refractivity contribution in [3.05, 3.63) is 88.9 Å². The number of nitrogens with one attached hydrogen (secondary N) is 2. The Hall–Kier alpha value is -3.38. The van der Waals surface area contributed by atoms with Gasteiger partial charge in [0.1, 0.15) is 5.76 Å². The zero-order chi connectivity index (χ0) is 21.8. The van der Waals surface area contributed by atoms with Crippen molar-refractivity contribution in [1.29, 1.82) is 0 Å². The molecular formula is C25H27N3O3. The lowest BCUT2D eigenvalue weighted by molar-refractivity contribution is -0.136. The van der Waals surface area contributed by atoms with Gasteiger partial charge in [-0.15, -0.1) is 0 Å². The van der Waals surface area contributed by atoms with Crippen molar-refractivity contribution in [3.8, 4) is 0 Å². The Kier molecular flexibility index (Phi) is 6.18. The van der Waals surface area contributed by atoms with Crippen LogP contribution in [0.4, 0.5) is 5.69 Å². The first-order valence-electron chi connectivity index (χ1n) is 10.5. The number of amides is 2. The van der Waals surface area contributed by atoms with E-state index in [2.05, 4.69) is 33.7 Å². The summed E-state index contributed by atoms with van der Waals surface area (Å²) in [5, 5.41) is 5.48. The fraction of sp³-hybridized carbons (Fsp3) is 0.280. The topological polar surface area (TPSA) is 74.6 Å². The molecule has 0 aliphatic carbocycles. The molecular weight excluding hydrogens is 390 g/mol. The fourth-order valence-corrected chi connectivity index (χ4v) is 4.18. The van der Waals surface area contributed by atoms with E-state index in [-0.39, 0.29) is 12.6 Å². The van der Waals surface area contributed by atoms with Crippen LogP contribution in [-0.2, 0) is 22.6 Å². The van der Waals surface area contributed by atoms with Gasteiger partial charge in [-0.1, -0.05) is 30.3 Å². The highest BCUT2D eigenvalue weighted by molar-refractivity contribution is 6.39. The van der Waals surface area contributed by atoms with Crippen molar-refractivity contribution in [1.82, 2.24) is 10.2 Å². The largest absolute Gasteiger partial charge is 0.468 e. The number of anilines is 1. The van der Waals surface area contributed by atoms with Crippen LogP contribution in [0.25, 0.3) is 0 Å². The summed E-state index contributed by atoms with van der Waals surface area (Å²) in [6.45, 7) is 5.81. The molecule has 2 N–H and O–H groups in total. The Morgan fingerprint density at radius 3 is 2.45 bits per heavy atom. The maximum Gasteiger partial charge on any atom is 0.313 e. The van der Waals surface area contributed by atoms with Gasteiger partial charge in [-0.05, 0) is 66.8 Å². The maximum absolute atomic E-state index is 12.5. The molecule has 0 saturated heterocycles. The number of carbonyl (C=O) groups is 2. The first kappa shape index (κ1) is 20.9. The van der Waals surface area contributed by atoms with E-state index in [1.165, 1.54) is 11.1 Å². The van der Waals surface area contributed by atoms with Gasteiger partial charge >= 0.3 is 11.8 Å². The number of benzene rings is 2. The lowest BCUT2D eigenvalue weighted by Crippen LogP contribution is -2.43. The van der Waals surface area contributed by atoms with E-state index >= 15 is 0 Å². The molecule has 1 atom stereocenters. The quantitative estimate of drug-likeness (QED) is 0.620. The van der Waals surface area contributed by atoms with Gasteiger partial charge in [-0.25, -0.2) is 0 Å².